The van der Waals surface area contributed by atoms with E-state index in [0.29, 0.717) is 23.4 Å². The summed E-state index contributed by atoms with van der Waals surface area (Å²) < 4.78 is 0. The lowest BCUT2D eigenvalue weighted by Gasteiger charge is -2.23. The van der Waals surface area contributed by atoms with Gasteiger partial charge in [0.05, 0.1) is 18.7 Å². The Labute approximate surface area is 169 Å². The number of ketones is 1. The van der Waals surface area contributed by atoms with Crippen LogP contribution in [0.2, 0.25) is 0 Å². The molecule has 5 heteroatoms. The summed E-state index contributed by atoms with van der Waals surface area (Å²) in [6.45, 7) is 4.34. The standard InChI is InChI=1S/C24H22N2O3/c1-16-9-10-17(2)19(12-16)15-26-21-8-4-3-7-20(21)24(29,23(26)28)13-22(27)18-6-5-11-25-14-18/h3-12,14,29H,13,15H2,1-2H3/t24-/m0/s1. The van der Waals surface area contributed by atoms with Gasteiger partial charge in [0.2, 0.25) is 0 Å². The molecule has 3 aromatic rings. The van der Waals surface area contributed by atoms with E-state index < -0.39 is 11.5 Å². The number of carbonyl (C=O) groups is 2. The monoisotopic (exact) mass is 386 g/mol. The summed E-state index contributed by atoms with van der Waals surface area (Å²) in [5.74, 6) is -0.797. The van der Waals surface area contributed by atoms with E-state index in [2.05, 4.69) is 4.98 Å². The molecule has 5 nitrogen and oxygen atoms in total. The van der Waals surface area contributed by atoms with E-state index in [1.54, 1.807) is 35.4 Å². The molecule has 146 valence electrons. The van der Waals surface area contributed by atoms with Crippen LogP contribution in [-0.2, 0) is 16.9 Å². The Morgan fingerprint density at radius 1 is 1.10 bits per heavy atom. The third kappa shape index (κ3) is 3.34. The number of benzene rings is 2. The number of carbonyl (C=O) groups excluding carboxylic acids is 2. The second kappa shape index (κ2) is 7.26. The molecule has 2 heterocycles. The molecule has 0 fully saturated rings. The van der Waals surface area contributed by atoms with Gasteiger partial charge in [-0.3, -0.25) is 14.6 Å². The van der Waals surface area contributed by atoms with Crippen LogP contribution >= 0.6 is 0 Å². The number of aliphatic hydroxyl groups is 1. The van der Waals surface area contributed by atoms with E-state index in [9.17, 15) is 14.7 Å². The van der Waals surface area contributed by atoms with Crippen LogP contribution < -0.4 is 4.90 Å². The van der Waals surface area contributed by atoms with Crippen LogP contribution in [0.1, 0.15) is 39.0 Å². The average Bonchev–Trinajstić information content (AvgIpc) is 2.93. The fourth-order valence-corrected chi connectivity index (χ4v) is 3.84. The van der Waals surface area contributed by atoms with Gasteiger partial charge in [0.15, 0.2) is 11.4 Å². The molecule has 0 bridgehead atoms. The lowest BCUT2D eigenvalue weighted by atomic mass is 9.88. The number of hydrogen-bond acceptors (Lipinski definition) is 4. The van der Waals surface area contributed by atoms with Crippen molar-refractivity contribution in [2.75, 3.05) is 4.90 Å². The molecule has 1 aromatic heterocycles. The lowest BCUT2D eigenvalue weighted by molar-refractivity contribution is -0.136. The number of aromatic nitrogens is 1. The van der Waals surface area contributed by atoms with Crippen molar-refractivity contribution in [3.8, 4) is 0 Å². The van der Waals surface area contributed by atoms with E-state index in [1.165, 1.54) is 6.20 Å². The number of nitrogens with zero attached hydrogens (tertiary/aromatic N) is 2. The molecular formula is C24H22N2O3. The predicted molar refractivity (Wildman–Crippen MR) is 111 cm³/mol. The zero-order valence-corrected chi connectivity index (χ0v) is 16.4. The first kappa shape index (κ1) is 19.0. The molecule has 0 saturated carbocycles. The number of amides is 1. The highest BCUT2D eigenvalue weighted by molar-refractivity contribution is 6.10. The molecule has 2 aromatic carbocycles. The summed E-state index contributed by atoms with van der Waals surface area (Å²) in [5.41, 5.74) is 2.78. The molecule has 1 N–H and O–H groups in total. The SMILES string of the molecule is Cc1ccc(C)c(CN2C(=O)[C@](O)(CC(=O)c3cccnc3)c3ccccc32)c1. The molecule has 0 radical (unpaired) electrons. The molecule has 1 aliphatic heterocycles. The number of Topliss-reactive ketones (excluding diaryl/α,β-unsaturated/α-hetero) is 1. The van der Waals surface area contributed by atoms with E-state index in [-0.39, 0.29) is 12.2 Å². The highest BCUT2D eigenvalue weighted by Gasteiger charge is 2.50. The van der Waals surface area contributed by atoms with Gasteiger partial charge in [-0.15, -0.1) is 0 Å². The maximum absolute atomic E-state index is 13.4. The molecule has 0 saturated heterocycles. The number of fused-ring (bicyclic) bond motifs is 1. The minimum Gasteiger partial charge on any atom is -0.375 e. The van der Waals surface area contributed by atoms with Crippen molar-refractivity contribution in [2.45, 2.75) is 32.4 Å². The van der Waals surface area contributed by atoms with Crippen LogP contribution in [0.4, 0.5) is 5.69 Å². The van der Waals surface area contributed by atoms with Crippen LogP contribution in [0.3, 0.4) is 0 Å². The third-order valence-corrected chi connectivity index (χ3v) is 5.47. The second-order valence-corrected chi connectivity index (χ2v) is 7.54. The minimum absolute atomic E-state index is 0.322. The summed E-state index contributed by atoms with van der Waals surface area (Å²) in [7, 11) is 0. The summed E-state index contributed by atoms with van der Waals surface area (Å²) >= 11 is 0. The van der Waals surface area contributed by atoms with E-state index in [0.717, 1.165) is 16.7 Å². The normalized spacial score (nSPS) is 18.0. The molecule has 29 heavy (non-hydrogen) atoms. The van der Waals surface area contributed by atoms with E-state index >= 15 is 0 Å². The second-order valence-electron chi connectivity index (χ2n) is 7.54. The number of aryl methyl sites for hydroxylation is 2. The van der Waals surface area contributed by atoms with Gasteiger partial charge in [-0.25, -0.2) is 0 Å². The zero-order valence-electron chi connectivity index (χ0n) is 16.4. The van der Waals surface area contributed by atoms with Crippen molar-refractivity contribution in [3.63, 3.8) is 0 Å². The zero-order chi connectivity index (χ0) is 20.6. The van der Waals surface area contributed by atoms with E-state index in [1.807, 2.05) is 44.2 Å². The molecule has 1 aliphatic rings. The largest absolute Gasteiger partial charge is 0.375 e. The van der Waals surface area contributed by atoms with Crippen LogP contribution in [0, 0.1) is 13.8 Å². The average molecular weight is 386 g/mol. The van der Waals surface area contributed by atoms with Crippen molar-refractivity contribution >= 4 is 17.4 Å². The Morgan fingerprint density at radius 2 is 1.90 bits per heavy atom. The lowest BCUT2D eigenvalue weighted by Crippen LogP contribution is -2.41. The Bertz CT molecular complexity index is 1090. The maximum Gasteiger partial charge on any atom is 0.264 e. The fourth-order valence-electron chi connectivity index (χ4n) is 3.84. The highest BCUT2D eigenvalue weighted by Crippen LogP contribution is 2.43. The maximum atomic E-state index is 13.4. The number of rotatable bonds is 5. The predicted octanol–water partition coefficient (Wildman–Crippen LogP) is 3.71. The molecule has 1 atom stereocenters. The first-order chi connectivity index (χ1) is 13.9. The first-order valence-electron chi connectivity index (χ1n) is 9.53. The summed E-state index contributed by atoms with van der Waals surface area (Å²) in [4.78, 5) is 31.6. The van der Waals surface area contributed by atoms with Gasteiger partial charge in [-0.2, -0.15) is 0 Å². The topological polar surface area (TPSA) is 70.5 Å². The van der Waals surface area contributed by atoms with Crippen LogP contribution in [0.15, 0.2) is 67.0 Å². The number of para-hydroxylation sites is 1. The first-order valence-corrected chi connectivity index (χ1v) is 9.53. The van der Waals surface area contributed by atoms with Crippen molar-refractivity contribution in [2.24, 2.45) is 0 Å². The number of anilines is 1. The van der Waals surface area contributed by atoms with Crippen molar-refractivity contribution < 1.29 is 14.7 Å². The third-order valence-electron chi connectivity index (χ3n) is 5.47. The Hall–Kier alpha value is -3.31. The van der Waals surface area contributed by atoms with E-state index in [4.69, 9.17) is 0 Å². The van der Waals surface area contributed by atoms with Crippen LogP contribution in [0.25, 0.3) is 0 Å². The molecule has 0 unspecified atom stereocenters. The smallest absolute Gasteiger partial charge is 0.264 e. The molecule has 4 rings (SSSR count). The number of pyridine rings is 1. The van der Waals surface area contributed by atoms with Gasteiger partial charge < -0.3 is 10.0 Å². The van der Waals surface area contributed by atoms with Crippen LogP contribution in [-0.4, -0.2) is 21.8 Å². The number of hydrogen-bond donors (Lipinski definition) is 1. The van der Waals surface area contributed by atoms with Crippen molar-refractivity contribution in [3.05, 3.63) is 94.8 Å². The summed E-state index contributed by atoms with van der Waals surface area (Å²) in [5, 5.41) is 11.4. The Balaban J connectivity index is 1.71. The Kier molecular flexibility index (Phi) is 4.76. The van der Waals surface area contributed by atoms with Crippen molar-refractivity contribution in [1.29, 1.82) is 0 Å². The van der Waals surface area contributed by atoms with Gasteiger partial charge in [0.1, 0.15) is 0 Å². The van der Waals surface area contributed by atoms with Gasteiger partial charge in [0, 0.05) is 23.5 Å². The minimum atomic E-state index is -1.89. The van der Waals surface area contributed by atoms with Gasteiger partial charge in [0.25, 0.3) is 5.91 Å². The summed E-state index contributed by atoms with van der Waals surface area (Å²) in [6.07, 6.45) is 2.70. The molecule has 0 spiro atoms. The highest BCUT2D eigenvalue weighted by atomic mass is 16.3. The summed E-state index contributed by atoms with van der Waals surface area (Å²) in [6, 6.07) is 16.5. The quantitative estimate of drug-likeness (QED) is 0.679. The van der Waals surface area contributed by atoms with Gasteiger partial charge in [-0.1, -0.05) is 42.0 Å². The van der Waals surface area contributed by atoms with Gasteiger partial charge >= 0.3 is 0 Å². The fraction of sp³-hybridized carbons (Fsp3) is 0.208. The van der Waals surface area contributed by atoms with Crippen LogP contribution in [0.5, 0.6) is 0 Å². The van der Waals surface area contributed by atoms with Gasteiger partial charge in [-0.05, 0) is 43.2 Å². The van der Waals surface area contributed by atoms with Crippen molar-refractivity contribution in [1.82, 2.24) is 4.98 Å². The molecule has 0 aliphatic carbocycles. The molecular weight excluding hydrogens is 364 g/mol. The Morgan fingerprint density at radius 3 is 2.66 bits per heavy atom. The molecule has 1 amide bonds.